The second-order valence-corrected chi connectivity index (χ2v) is 10.4. The molecule has 1 aliphatic heterocycles. The SMILES string of the molecule is C[C@H](NC(=O)[C@@H]1CC(=O)N(C2CCCC2)C1)C12CC3CC(CC(C3)C1)C2. The number of carbonyl (C=O) groups is 2. The van der Waals surface area contributed by atoms with Gasteiger partial charge in [-0.05, 0) is 81.5 Å². The Bertz CT molecular complexity index is 560. The lowest BCUT2D eigenvalue weighted by Gasteiger charge is -2.59. The van der Waals surface area contributed by atoms with Crippen molar-refractivity contribution < 1.29 is 9.59 Å². The molecule has 2 atom stereocenters. The summed E-state index contributed by atoms with van der Waals surface area (Å²) >= 11 is 0. The van der Waals surface area contributed by atoms with Crippen LogP contribution in [-0.4, -0.2) is 35.3 Å². The van der Waals surface area contributed by atoms with Crippen LogP contribution in [-0.2, 0) is 9.59 Å². The first kappa shape index (κ1) is 17.1. The highest BCUT2D eigenvalue weighted by atomic mass is 16.2. The summed E-state index contributed by atoms with van der Waals surface area (Å²) in [7, 11) is 0. The van der Waals surface area contributed by atoms with Gasteiger partial charge in [0.25, 0.3) is 0 Å². The summed E-state index contributed by atoms with van der Waals surface area (Å²) in [6.45, 7) is 2.90. The molecule has 4 nitrogen and oxygen atoms in total. The average molecular weight is 359 g/mol. The Kier molecular flexibility index (Phi) is 4.09. The minimum Gasteiger partial charge on any atom is -0.353 e. The number of hydrogen-bond donors (Lipinski definition) is 1. The molecule has 0 unspecified atom stereocenters. The molecule has 0 spiro atoms. The number of rotatable bonds is 4. The number of carbonyl (C=O) groups excluding carboxylic acids is 2. The highest BCUT2D eigenvalue weighted by Gasteiger charge is 2.53. The second kappa shape index (κ2) is 6.24. The molecule has 6 aliphatic rings. The Balaban J connectivity index is 1.22. The highest BCUT2D eigenvalue weighted by molar-refractivity contribution is 5.89. The summed E-state index contributed by atoms with van der Waals surface area (Å²) in [6.07, 6.45) is 13.4. The largest absolute Gasteiger partial charge is 0.353 e. The van der Waals surface area contributed by atoms with Crippen LogP contribution in [0.2, 0.25) is 0 Å². The van der Waals surface area contributed by atoms with Crippen molar-refractivity contribution in [1.29, 1.82) is 0 Å². The van der Waals surface area contributed by atoms with Crippen LogP contribution in [0, 0.1) is 29.1 Å². The van der Waals surface area contributed by atoms with Gasteiger partial charge in [0, 0.05) is 25.0 Å². The molecule has 0 radical (unpaired) electrons. The molecule has 0 aromatic rings. The Hall–Kier alpha value is -1.06. The van der Waals surface area contributed by atoms with Crippen LogP contribution >= 0.6 is 0 Å². The van der Waals surface area contributed by atoms with Crippen LogP contribution in [0.5, 0.6) is 0 Å². The number of nitrogens with one attached hydrogen (secondary N) is 1. The maximum atomic E-state index is 13.0. The van der Waals surface area contributed by atoms with Gasteiger partial charge in [0.2, 0.25) is 11.8 Å². The van der Waals surface area contributed by atoms with E-state index in [1.165, 1.54) is 51.4 Å². The van der Waals surface area contributed by atoms with E-state index in [1.54, 1.807) is 0 Å². The maximum Gasteiger partial charge on any atom is 0.225 e. The minimum atomic E-state index is -0.125. The highest BCUT2D eigenvalue weighted by Crippen LogP contribution is 2.61. The van der Waals surface area contributed by atoms with Gasteiger partial charge in [0.1, 0.15) is 0 Å². The van der Waals surface area contributed by atoms with Crippen molar-refractivity contribution in [2.24, 2.45) is 29.1 Å². The minimum absolute atomic E-state index is 0.125. The molecule has 1 N–H and O–H groups in total. The van der Waals surface area contributed by atoms with Crippen LogP contribution in [0.25, 0.3) is 0 Å². The van der Waals surface area contributed by atoms with Crippen LogP contribution in [0.1, 0.15) is 77.6 Å². The van der Waals surface area contributed by atoms with E-state index >= 15 is 0 Å². The Morgan fingerprint density at radius 2 is 1.65 bits per heavy atom. The third kappa shape index (κ3) is 2.79. The molecular weight excluding hydrogens is 324 g/mol. The predicted molar refractivity (Wildman–Crippen MR) is 100 cm³/mol. The van der Waals surface area contributed by atoms with Gasteiger partial charge in [0.15, 0.2) is 0 Å². The Morgan fingerprint density at radius 3 is 2.23 bits per heavy atom. The molecule has 6 fully saturated rings. The lowest BCUT2D eigenvalue weighted by Crippen LogP contribution is -2.56. The van der Waals surface area contributed by atoms with Crippen molar-refractivity contribution in [3.05, 3.63) is 0 Å². The van der Waals surface area contributed by atoms with Crippen molar-refractivity contribution in [2.75, 3.05) is 6.54 Å². The number of hydrogen-bond acceptors (Lipinski definition) is 2. The topological polar surface area (TPSA) is 49.4 Å². The van der Waals surface area contributed by atoms with E-state index in [0.717, 1.165) is 30.6 Å². The van der Waals surface area contributed by atoms with Gasteiger partial charge in [-0.2, -0.15) is 0 Å². The standard InChI is InChI=1S/C22H34N2O2/c1-14(22-10-15-6-16(11-22)8-17(7-15)12-22)23-21(26)18-9-20(25)24(13-18)19-4-2-3-5-19/h14-19H,2-13H2,1H3,(H,23,26)/t14-,15?,16?,17?,18+,22?/m0/s1. The molecule has 2 amide bonds. The van der Waals surface area contributed by atoms with Crippen LogP contribution < -0.4 is 5.32 Å². The fourth-order valence-electron chi connectivity index (χ4n) is 7.67. The maximum absolute atomic E-state index is 13.0. The fourth-order valence-corrected chi connectivity index (χ4v) is 7.67. The van der Waals surface area contributed by atoms with Crippen molar-refractivity contribution >= 4 is 11.8 Å². The van der Waals surface area contributed by atoms with E-state index in [4.69, 9.17) is 0 Å². The van der Waals surface area contributed by atoms with Crippen LogP contribution in [0.4, 0.5) is 0 Å². The average Bonchev–Trinajstić information content (AvgIpc) is 3.22. The van der Waals surface area contributed by atoms with Gasteiger partial charge in [-0.15, -0.1) is 0 Å². The molecule has 144 valence electrons. The van der Waals surface area contributed by atoms with E-state index in [9.17, 15) is 9.59 Å². The van der Waals surface area contributed by atoms with Gasteiger partial charge >= 0.3 is 0 Å². The van der Waals surface area contributed by atoms with E-state index in [1.807, 2.05) is 4.90 Å². The summed E-state index contributed by atoms with van der Waals surface area (Å²) in [5.41, 5.74) is 0.345. The van der Waals surface area contributed by atoms with E-state index < -0.39 is 0 Å². The van der Waals surface area contributed by atoms with Crippen LogP contribution in [0.15, 0.2) is 0 Å². The summed E-state index contributed by atoms with van der Waals surface area (Å²) in [5.74, 6) is 2.95. The first-order valence-corrected chi connectivity index (χ1v) is 11.1. The second-order valence-electron chi connectivity index (χ2n) is 10.4. The lowest BCUT2D eigenvalue weighted by molar-refractivity contribution is -0.131. The van der Waals surface area contributed by atoms with E-state index in [-0.39, 0.29) is 23.8 Å². The Labute approximate surface area is 157 Å². The molecule has 0 aromatic carbocycles. The van der Waals surface area contributed by atoms with Crippen LogP contribution in [0.3, 0.4) is 0 Å². The molecule has 4 bridgehead atoms. The van der Waals surface area contributed by atoms with Crippen molar-refractivity contribution in [1.82, 2.24) is 10.2 Å². The monoisotopic (exact) mass is 358 g/mol. The zero-order valence-corrected chi connectivity index (χ0v) is 16.2. The first-order valence-electron chi connectivity index (χ1n) is 11.1. The van der Waals surface area contributed by atoms with Gasteiger partial charge in [0.05, 0.1) is 5.92 Å². The molecule has 1 heterocycles. The fraction of sp³-hybridized carbons (Fsp3) is 0.909. The molecule has 26 heavy (non-hydrogen) atoms. The molecule has 6 rings (SSSR count). The smallest absolute Gasteiger partial charge is 0.225 e. The van der Waals surface area contributed by atoms with Gasteiger partial charge in [-0.25, -0.2) is 0 Å². The van der Waals surface area contributed by atoms with Gasteiger partial charge in [-0.1, -0.05) is 12.8 Å². The third-order valence-corrected chi connectivity index (χ3v) is 8.66. The van der Waals surface area contributed by atoms with Gasteiger partial charge < -0.3 is 10.2 Å². The summed E-state index contributed by atoms with van der Waals surface area (Å²) in [6, 6.07) is 0.667. The summed E-state index contributed by atoms with van der Waals surface area (Å²) < 4.78 is 0. The van der Waals surface area contributed by atoms with E-state index in [2.05, 4.69) is 12.2 Å². The quantitative estimate of drug-likeness (QED) is 0.836. The molecule has 5 aliphatic carbocycles. The summed E-state index contributed by atoms with van der Waals surface area (Å²) in [4.78, 5) is 27.4. The van der Waals surface area contributed by atoms with Crippen molar-refractivity contribution in [2.45, 2.75) is 89.6 Å². The predicted octanol–water partition coefficient (Wildman–Crippen LogP) is 3.50. The Morgan fingerprint density at radius 1 is 1.08 bits per heavy atom. The molecule has 0 aromatic heterocycles. The molecule has 1 saturated heterocycles. The summed E-state index contributed by atoms with van der Waals surface area (Å²) in [5, 5.41) is 3.39. The van der Waals surface area contributed by atoms with Crippen molar-refractivity contribution in [3.63, 3.8) is 0 Å². The first-order chi connectivity index (χ1) is 12.5. The van der Waals surface area contributed by atoms with Gasteiger partial charge in [-0.3, -0.25) is 9.59 Å². The van der Waals surface area contributed by atoms with E-state index in [0.29, 0.717) is 24.4 Å². The molecule has 4 heteroatoms. The number of likely N-dealkylation sites (tertiary alicyclic amines) is 1. The third-order valence-electron chi connectivity index (χ3n) is 8.66. The molecule has 5 saturated carbocycles. The molecular formula is C22H34N2O2. The zero-order chi connectivity index (χ0) is 17.9. The number of nitrogens with zero attached hydrogens (tertiary/aromatic N) is 1. The van der Waals surface area contributed by atoms with Crippen molar-refractivity contribution in [3.8, 4) is 0 Å². The zero-order valence-electron chi connectivity index (χ0n) is 16.2. The number of amides is 2. The normalized spacial score (nSPS) is 43.3. The lowest BCUT2D eigenvalue weighted by atomic mass is 9.48.